The van der Waals surface area contributed by atoms with E-state index >= 15 is 0 Å². The van der Waals surface area contributed by atoms with Gasteiger partial charge in [0.15, 0.2) is 0 Å². The van der Waals surface area contributed by atoms with Crippen LogP contribution in [0.2, 0.25) is 0 Å². The SMILES string of the molecule is Cc1ccccc1-c1ccc2c(c1)CN(C)[C@@H]2CNc1cnccc1C(=O)O. The molecule has 5 nitrogen and oxygen atoms in total. The lowest BCUT2D eigenvalue weighted by Gasteiger charge is -2.22. The highest BCUT2D eigenvalue weighted by Crippen LogP contribution is 2.36. The first-order valence-electron chi connectivity index (χ1n) is 9.35. The van der Waals surface area contributed by atoms with Crippen molar-refractivity contribution in [2.24, 2.45) is 0 Å². The van der Waals surface area contributed by atoms with Gasteiger partial charge < -0.3 is 10.4 Å². The predicted molar refractivity (Wildman–Crippen MR) is 111 cm³/mol. The molecule has 0 spiro atoms. The summed E-state index contributed by atoms with van der Waals surface area (Å²) in [5.41, 5.74) is 7.16. The monoisotopic (exact) mass is 373 g/mol. The molecule has 142 valence electrons. The van der Waals surface area contributed by atoms with E-state index in [-0.39, 0.29) is 11.6 Å². The van der Waals surface area contributed by atoms with Crippen LogP contribution >= 0.6 is 0 Å². The van der Waals surface area contributed by atoms with Gasteiger partial charge in [-0.1, -0.05) is 36.4 Å². The van der Waals surface area contributed by atoms with Crippen LogP contribution in [-0.4, -0.2) is 34.6 Å². The van der Waals surface area contributed by atoms with Crippen molar-refractivity contribution in [2.75, 3.05) is 18.9 Å². The van der Waals surface area contributed by atoms with E-state index in [1.165, 1.54) is 40.1 Å². The zero-order valence-corrected chi connectivity index (χ0v) is 16.0. The fourth-order valence-corrected chi connectivity index (χ4v) is 3.94. The number of aryl methyl sites for hydroxylation is 1. The van der Waals surface area contributed by atoms with E-state index in [0.717, 1.165) is 6.54 Å². The van der Waals surface area contributed by atoms with Crippen molar-refractivity contribution in [1.82, 2.24) is 9.88 Å². The number of aromatic carboxylic acids is 1. The number of rotatable bonds is 5. The molecule has 0 bridgehead atoms. The van der Waals surface area contributed by atoms with Crippen LogP contribution in [0.25, 0.3) is 11.1 Å². The number of carbonyl (C=O) groups is 1. The summed E-state index contributed by atoms with van der Waals surface area (Å²) in [6.07, 6.45) is 3.07. The second kappa shape index (κ2) is 7.44. The largest absolute Gasteiger partial charge is 0.478 e. The van der Waals surface area contributed by atoms with Gasteiger partial charge in [0, 0.05) is 19.3 Å². The quantitative estimate of drug-likeness (QED) is 0.696. The normalized spacial score (nSPS) is 16.0. The number of hydrogen-bond donors (Lipinski definition) is 2. The Labute approximate surface area is 164 Å². The Balaban J connectivity index is 1.58. The summed E-state index contributed by atoms with van der Waals surface area (Å²) < 4.78 is 0. The Hall–Kier alpha value is -3.18. The molecule has 0 aliphatic carbocycles. The lowest BCUT2D eigenvalue weighted by molar-refractivity contribution is 0.0697. The Bertz CT molecular complexity index is 1030. The predicted octanol–water partition coefficient (Wildman–Crippen LogP) is 4.35. The highest BCUT2D eigenvalue weighted by Gasteiger charge is 2.28. The van der Waals surface area contributed by atoms with E-state index in [1.807, 2.05) is 0 Å². The molecule has 0 saturated carbocycles. The number of carboxylic acids is 1. The van der Waals surface area contributed by atoms with Crippen LogP contribution in [0.3, 0.4) is 0 Å². The number of carboxylic acid groups (broad SMARTS) is 1. The van der Waals surface area contributed by atoms with Crippen LogP contribution in [0, 0.1) is 6.92 Å². The van der Waals surface area contributed by atoms with Gasteiger partial charge >= 0.3 is 5.97 Å². The number of pyridine rings is 1. The highest BCUT2D eigenvalue weighted by atomic mass is 16.4. The minimum Gasteiger partial charge on any atom is -0.478 e. The number of anilines is 1. The van der Waals surface area contributed by atoms with Gasteiger partial charge in [-0.2, -0.15) is 0 Å². The van der Waals surface area contributed by atoms with Crippen LogP contribution in [0.15, 0.2) is 60.9 Å². The number of aromatic nitrogens is 1. The molecule has 5 heteroatoms. The zero-order valence-electron chi connectivity index (χ0n) is 16.0. The average molecular weight is 373 g/mol. The van der Waals surface area contributed by atoms with Crippen molar-refractivity contribution in [1.29, 1.82) is 0 Å². The van der Waals surface area contributed by atoms with Crippen LogP contribution in [-0.2, 0) is 6.54 Å². The molecule has 1 atom stereocenters. The van der Waals surface area contributed by atoms with Crippen molar-refractivity contribution in [3.8, 4) is 11.1 Å². The van der Waals surface area contributed by atoms with Crippen molar-refractivity contribution in [2.45, 2.75) is 19.5 Å². The third kappa shape index (κ3) is 3.37. The molecule has 0 amide bonds. The maximum atomic E-state index is 11.4. The van der Waals surface area contributed by atoms with Gasteiger partial charge in [0.05, 0.1) is 23.5 Å². The third-order valence-electron chi connectivity index (χ3n) is 5.45. The van der Waals surface area contributed by atoms with Crippen molar-refractivity contribution >= 4 is 11.7 Å². The van der Waals surface area contributed by atoms with Gasteiger partial charge in [-0.15, -0.1) is 0 Å². The maximum absolute atomic E-state index is 11.4. The smallest absolute Gasteiger partial charge is 0.337 e. The number of nitrogens with one attached hydrogen (secondary N) is 1. The molecule has 1 aromatic heterocycles. The van der Waals surface area contributed by atoms with E-state index < -0.39 is 5.97 Å². The summed E-state index contributed by atoms with van der Waals surface area (Å²) in [5, 5.41) is 12.6. The molecule has 3 aromatic rings. The van der Waals surface area contributed by atoms with E-state index in [1.54, 1.807) is 6.20 Å². The standard InChI is InChI=1S/C23H23N3O2/c1-15-5-3-4-6-18(15)16-7-8-19-17(11-16)14-26(2)22(19)13-25-21-12-24-10-9-20(21)23(27)28/h3-12,22,25H,13-14H2,1-2H3,(H,27,28)/t22-/m1/s1. The van der Waals surface area contributed by atoms with Gasteiger partial charge in [-0.25, -0.2) is 4.79 Å². The summed E-state index contributed by atoms with van der Waals surface area (Å²) in [6, 6.07) is 16.8. The van der Waals surface area contributed by atoms with Gasteiger partial charge in [0.2, 0.25) is 0 Å². The summed E-state index contributed by atoms with van der Waals surface area (Å²) in [4.78, 5) is 17.7. The second-order valence-corrected chi connectivity index (χ2v) is 7.27. The van der Waals surface area contributed by atoms with E-state index in [4.69, 9.17) is 0 Å². The minimum absolute atomic E-state index is 0.183. The number of hydrogen-bond acceptors (Lipinski definition) is 4. The second-order valence-electron chi connectivity index (χ2n) is 7.27. The number of nitrogens with zero attached hydrogens (tertiary/aromatic N) is 2. The topological polar surface area (TPSA) is 65.5 Å². The maximum Gasteiger partial charge on any atom is 0.337 e. The number of benzene rings is 2. The summed E-state index contributed by atoms with van der Waals surface area (Å²) in [7, 11) is 2.10. The Kier molecular flexibility index (Phi) is 4.84. The zero-order chi connectivity index (χ0) is 19.7. The molecule has 1 aliphatic rings. The molecule has 1 aliphatic heterocycles. The first-order valence-corrected chi connectivity index (χ1v) is 9.35. The molecule has 0 saturated heterocycles. The molecular weight excluding hydrogens is 350 g/mol. The lowest BCUT2D eigenvalue weighted by atomic mass is 9.95. The van der Waals surface area contributed by atoms with E-state index in [2.05, 4.69) is 71.6 Å². The minimum atomic E-state index is -0.951. The molecular formula is C23H23N3O2. The molecule has 0 unspecified atom stereocenters. The molecule has 2 N–H and O–H groups in total. The number of likely N-dealkylation sites (N-methyl/N-ethyl adjacent to an activating group) is 1. The Morgan fingerprint density at radius 1 is 1.25 bits per heavy atom. The average Bonchev–Trinajstić information content (AvgIpc) is 3.01. The van der Waals surface area contributed by atoms with Crippen LogP contribution in [0.1, 0.15) is 33.1 Å². The van der Waals surface area contributed by atoms with Gasteiger partial charge in [-0.3, -0.25) is 9.88 Å². The third-order valence-corrected chi connectivity index (χ3v) is 5.45. The van der Waals surface area contributed by atoms with Crippen molar-refractivity contribution in [3.05, 3.63) is 83.2 Å². The Morgan fingerprint density at radius 3 is 2.86 bits per heavy atom. The van der Waals surface area contributed by atoms with Crippen molar-refractivity contribution in [3.63, 3.8) is 0 Å². The molecule has 4 rings (SSSR count). The first-order chi connectivity index (χ1) is 13.5. The molecule has 2 aromatic carbocycles. The first kappa shape index (κ1) is 18.2. The molecule has 0 fully saturated rings. The van der Waals surface area contributed by atoms with Crippen molar-refractivity contribution < 1.29 is 9.90 Å². The molecule has 2 heterocycles. The van der Waals surface area contributed by atoms with E-state index in [0.29, 0.717) is 12.2 Å². The van der Waals surface area contributed by atoms with E-state index in [9.17, 15) is 9.90 Å². The lowest BCUT2D eigenvalue weighted by Crippen LogP contribution is -2.24. The Morgan fingerprint density at radius 2 is 2.07 bits per heavy atom. The number of fused-ring (bicyclic) bond motifs is 1. The van der Waals surface area contributed by atoms with Gasteiger partial charge in [-0.05, 0) is 53.9 Å². The molecule has 0 radical (unpaired) electrons. The molecule has 28 heavy (non-hydrogen) atoms. The van der Waals surface area contributed by atoms with Gasteiger partial charge in [0.1, 0.15) is 0 Å². The fraction of sp³-hybridized carbons (Fsp3) is 0.217. The van der Waals surface area contributed by atoms with Gasteiger partial charge in [0.25, 0.3) is 0 Å². The summed E-state index contributed by atoms with van der Waals surface area (Å²) in [6.45, 7) is 3.63. The van der Waals surface area contributed by atoms with Crippen LogP contribution in [0.5, 0.6) is 0 Å². The van der Waals surface area contributed by atoms with Crippen LogP contribution in [0.4, 0.5) is 5.69 Å². The summed E-state index contributed by atoms with van der Waals surface area (Å²) in [5.74, 6) is -0.951. The fourth-order valence-electron chi connectivity index (χ4n) is 3.94. The highest BCUT2D eigenvalue weighted by molar-refractivity contribution is 5.93. The summed E-state index contributed by atoms with van der Waals surface area (Å²) >= 11 is 0. The van der Waals surface area contributed by atoms with Crippen LogP contribution < -0.4 is 5.32 Å².